The quantitative estimate of drug-likeness (QED) is 0.943. The summed E-state index contributed by atoms with van der Waals surface area (Å²) in [5.74, 6) is 0.735. The molecule has 0 saturated heterocycles. The normalized spacial score (nSPS) is 19.1. The molecule has 1 aliphatic rings. The van der Waals surface area contributed by atoms with E-state index in [-0.39, 0.29) is 5.56 Å². The monoisotopic (exact) mass is 319 g/mol. The second-order valence-electron chi connectivity index (χ2n) is 6.19. The average molecular weight is 319 g/mol. The van der Waals surface area contributed by atoms with Crippen LogP contribution in [0, 0.1) is 12.8 Å². The highest BCUT2D eigenvalue weighted by atomic mass is 32.1. The van der Waals surface area contributed by atoms with Gasteiger partial charge in [0.15, 0.2) is 0 Å². The summed E-state index contributed by atoms with van der Waals surface area (Å²) in [5.41, 5.74) is 6.50. The van der Waals surface area contributed by atoms with Gasteiger partial charge in [-0.2, -0.15) is 0 Å². The van der Waals surface area contributed by atoms with Crippen LogP contribution in [0.2, 0.25) is 0 Å². The summed E-state index contributed by atoms with van der Waals surface area (Å²) in [6, 6.07) is -0.623. The van der Waals surface area contributed by atoms with Gasteiger partial charge in [0.1, 0.15) is 16.7 Å². The Labute approximate surface area is 133 Å². The van der Waals surface area contributed by atoms with Crippen LogP contribution in [0.25, 0.3) is 10.2 Å². The van der Waals surface area contributed by atoms with Crippen LogP contribution in [0.5, 0.6) is 0 Å². The first-order chi connectivity index (χ1) is 10.4. The van der Waals surface area contributed by atoms with Crippen molar-refractivity contribution in [3.8, 4) is 0 Å². The van der Waals surface area contributed by atoms with Gasteiger partial charge >= 0.3 is 0 Å². The maximum absolute atomic E-state index is 13.0. The lowest BCUT2D eigenvalue weighted by molar-refractivity contribution is -0.121. The molecule has 5 nitrogen and oxygen atoms in total. The van der Waals surface area contributed by atoms with Crippen molar-refractivity contribution in [2.45, 2.75) is 52.5 Å². The van der Waals surface area contributed by atoms with Crippen molar-refractivity contribution >= 4 is 27.5 Å². The van der Waals surface area contributed by atoms with Gasteiger partial charge in [-0.25, -0.2) is 4.98 Å². The zero-order valence-electron chi connectivity index (χ0n) is 13.2. The van der Waals surface area contributed by atoms with Gasteiger partial charge in [0.25, 0.3) is 5.56 Å². The van der Waals surface area contributed by atoms with E-state index in [2.05, 4.69) is 11.9 Å². The summed E-state index contributed by atoms with van der Waals surface area (Å²) >= 11 is 1.63. The molecule has 3 rings (SSSR count). The first kappa shape index (κ1) is 15.2. The zero-order valence-corrected chi connectivity index (χ0v) is 14.0. The van der Waals surface area contributed by atoms with E-state index in [0.29, 0.717) is 23.5 Å². The number of aryl methyl sites for hydroxylation is 2. The minimum Gasteiger partial charge on any atom is -0.368 e. The number of aromatic nitrogens is 2. The van der Waals surface area contributed by atoms with Crippen molar-refractivity contribution in [2.75, 3.05) is 0 Å². The summed E-state index contributed by atoms with van der Waals surface area (Å²) in [6.07, 6.45) is 3.53. The van der Waals surface area contributed by atoms with E-state index in [1.165, 1.54) is 9.44 Å². The van der Waals surface area contributed by atoms with E-state index < -0.39 is 11.9 Å². The smallest absolute Gasteiger partial charge is 0.263 e. The molecule has 2 aromatic heterocycles. The Kier molecular flexibility index (Phi) is 3.80. The number of amides is 1. The number of nitrogens with two attached hydrogens (primary N) is 1. The maximum atomic E-state index is 13.0. The van der Waals surface area contributed by atoms with E-state index in [1.807, 2.05) is 6.92 Å². The molecular weight excluding hydrogens is 298 g/mol. The van der Waals surface area contributed by atoms with Crippen LogP contribution in [0.1, 0.15) is 49.0 Å². The van der Waals surface area contributed by atoms with Gasteiger partial charge in [0.05, 0.1) is 5.39 Å². The predicted octanol–water partition coefficient (Wildman–Crippen LogP) is 2.33. The lowest BCUT2D eigenvalue weighted by atomic mass is 9.89. The number of hydrogen-bond acceptors (Lipinski definition) is 4. The Hall–Kier alpha value is -1.69. The highest BCUT2D eigenvalue weighted by Crippen LogP contribution is 2.36. The van der Waals surface area contributed by atoms with E-state index in [0.717, 1.165) is 29.7 Å². The number of hydrogen-bond donors (Lipinski definition) is 1. The molecule has 0 fully saturated rings. The van der Waals surface area contributed by atoms with Crippen LogP contribution >= 0.6 is 11.3 Å². The SMILES string of the molecule is CCC(C(N)=O)n1c(C)nc2sc3c(c2c1=O)CCC(C)C3. The minimum absolute atomic E-state index is 0.111. The number of thiophene rings is 1. The van der Waals surface area contributed by atoms with E-state index in [4.69, 9.17) is 5.73 Å². The molecule has 1 aliphatic carbocycles. The van der Waals surface area contributed by atoms with Crippen LogP contribution < -0.4 is 11.3 Å². The van der Waals surface area contributed by atoms with E-state index in [9.17, 15) is 9.59 Å². The number of nitrogens with zero attached hydrogens (tertiary/aromatic N) is 2. The Morgan fingerprint density at radius 3 is 2.91 bits per heavy atom. The number of primary amides is 1. The molecule has 22 heavy (non-hydrogen) atoms. The third-order valence-corrected chi connectivity index (χ3v) is 5.71. The average Bonchev–Trinajstić information content (AvgIpc) is 2.79. The largest absolute Gasteiger partial charge is 0.368 e. The molecule has 0 aliphatic heterocycles. The Bertz CT molecular complexity index is 806. The maximum Gasteiger partial charge on any atom is 0.263 e. The molecule has 0 aromatic carbocycles. The molecule has 2 unspecified atom stereocenters. The summed E-state index contributed by atoms with van der Waals surface area (Å²) in [4.78, 5) is 31.3. The van der Waals surface area contributed by atoms with Gasteiger partial charge < -0.3 is 5.73 Å². The fourth-order valence-electron chi connectivity index (χ4n) is 3.38. The molecule has 6 heteroatoms. The third kappa shape index (κ3) is 2.26. The lowest BCUT2D eigenvalue weighted by Gasteiger charge is -2.19. The van der Waals surface area contributed by atoms with Gasteiger partial charge in [-0.15, -0.1) is 11.3 Å². The number of carbonyl (C=O) groups is 1. The summed E-state index contributed by atoms with van der Waals surface area (Å²) in [5, 5.41) is 0.706. The lowest BCUT2D eigenvalue weighted by Crippen LogP contribution is -2.35. The van der Waals surface area contributed by atoms with Crippen molar-refractivity contribution < 1.29 is 4.79 Å². The van der Waals surface area contributed by atoms with Crippen molar-refractivity contribution in [2.24, 2.45) is 11.7 Å². The van der Waals surface area contributed by atoms with Crippen LogP contribution in [0.4, 0.5) is 0 Å². The standard InChI is InChI=1S/C16H21N3O2S/c1-4-11(14(17)20)19-9(3)18-15-13(16(19)21)10-6-5-8(2)7-12(10)22-15/h8,11H,4-7H2,1-3H3,(H2,17,20). The van der Waals surface area contributed by atoms with Crippen molar-refractivity contribution in [1.29, 1.82) is 0 Å². The van der Waals surface area contributed by atoms with Crippen LogP contribution in [-0.4, -0.2) is 15.5 Å². The van der Waals surface area contributed by atoms with E-state index >= 15 is 0 Å². The first-order valence-electron chi connectivity index (χ1n) is 7.76. The van der Waals surface area contributed by atoms with Crippen molar-refractivity contribution in [3.05, 3.63) is 26.6 Å². The molecule has 0 spiro atoms. The van der Waals surface area contributed by atoms with Gasteiger partial charge in [-0.3, -0.25) is 14.2 Å². The molecule has 2 N–H and O–H groups in total. The highest BCUT2D eigenvalue weighted by Gasteiger charge is 2.26. The second kappa shape index (κ2) is 5.50. The molecule has 2 heterocycles. The van der Waals surface area contributed by atoms with Gasteiger partial charge in [0.2, 0.25) is 5.91 Å². The number of carbonyl (C=O) groups excluding carboxylic acids is 1. The van der Waals surface area contributed by atoms with Gasteiger partial charge in [-0.1, -0.05) is 13.8 Å². The molecule has 1 amide bonds. The van der Waals surface area contributed by atoms with Crippen LogP contribution in [-0.2, 0) is 17.6 Å². The highest BCUT2D eigenvalue weighted by molar-refractivity contribution is 7.18. The van der Waals surface area contributed by atoms with Gasteiger partial charge in [0, 0.05) is 4.88 Å². The Morgan fingerprint density at radius 2 is 2.27 bits per heavy atom. The molecule has 2 aromatic rings. The number of fused-ring (bicyclic) bond motifs is 3. The van der Waals surface area contributed by atoms with Crippen molar-refractivity contribution in [3.63, 3.8) is 0 Å². The van der Waals surface area contributed by atoms with Crippen molar-refractivity contribution in [1.82, 2.24) is 9.55 Å². The topological polar surface area (TPSA) is 78.0 Å². The molecule has 0 radical (unpaired) electrons. The molecule has 118 valence electrons. The summed E-state index contributed by atoms with van der Waals surface area (Å²) < 4.78 is 1.48. The fourth-order valence-corrected chi connectivity index (χ4v) is 4.80. The second-order valence-corrected chi connectivity index (χ2v) is 7.28. The zero-order chi connectivity index (χ0) is 16.0. The third-order valence-electron chi connectivity index (χ3n) is 4.56. The fraction of sp³-hybridized carbons (Fsp3) is 0.562. The Balaban J connectivity index is 2.28. The first-order valence-corrected chi connectivity index (χ1v) is 8.58. The minimum atomic E-state index is -0.623. The predicted molar refractivity (Wildman–Crippen MR) is 88.3 cm³/mol. The molecular formula is C16H21N3O2S. The summed E-state index contributed by atoms with van der Waals surface area (Å²) in [7, 11) is 0. The Morgan fingerprint density at radius 1 is 1.55 bits per heavy atom. The van der Waals surface area contributed by atoms with Crippen LogP contribution in [0.15, 0.2) is 4.79 Å². The van der Waals surface area contributed by atoms with Gasteiger partial charge in [-0.05, 0) is 44.1 Å². The van der Waals surface area contributed by atoms with E-state index in [1.54, 1.807) is 18.3 Å². The van der Waals surface area contributed by atoms with Crippen LogP contribution in [0.3, 0.4) is 0 Å². The summed E-state index contributed by atoms with van der Waals surface area (Å²) in [6.45, 7) is 5.87. The molecule has 0 bridgehead atoms. The number of rotatable bonds is 3. The molecule has 0 saturated carbocycles. The molecule has 2 atom stereocenters.